The number of unbranched alkanes of at least 4 members (excludes halogenated alkanes) is 3. The van der Waals surface area contributed by atoms with E-state index in [1.807, 2.05) is 26.2 Å². The topological polar surface area (TPSA) is 12.5 Å². The van der Waals surface area contributed by atoms with E-state index >= 15 is 0 Å². The van der Waals surface area contributed by atoms with Crippen molar-refractivity contribution in [1.82, 2.24) is 0 Å². The highest BCUT2D eigenvalue weighted by Crippen LogP contribution is 2.19. The maximum Gasteiger partial charge on any atom is 0.121 e. The lowest BCUT2D eigenvalue weighted by molar-refractivity contribution is 0.305. The molecule has 0 unspecified atom stereocenters. The van der Waals surface area contributed by atoms with Crippen LogP contribution in [0.4, 0.5) is 5.69 Å². The summed E-state index contributed by atoms with van der Waals surface area (Å²) in [7, 11) is 4.08. The molecule has 0 aliphatic heterocycles. The molecule has 0 spiro atoms. The van der Waals surface area contributed by atoms with Gasteiger partial charge in [0.05, 0.1) is 6.61 Å². The van der Waals surface area contributed by atoms with Gasteiger partial charge in [-0.1, -0.05) is 18.9 Å². The number of ether oxygens (including phenoxy) is 1. The smallest absolute Gasteiger partial charge is 0.121 e. The standard InChI is InChI=1S/C14H23NOS/c1-15(2)13-8-7-9-14(12-13)16-10-5-3-4-6-11-17/h7-9,12,17H,3-6,10-11H2,1-2H3. The van der Waals surface area contributed by atoms with E-state index in [9.17, 15) is 0 Å². The Balaban J connectivity index is 2.24. The van der Waals surface area contributed by atoms with Gasteiger partial charge in [-0.15, -0.1) is 0 Å². The summed E-state index contributed by atoms with van der Waals surface area (Å²) in [5.74, 6) is 1.96. The molecule has 0 bridgehead atoms. The Hall–Kier alpha value is -0.830. The summed E-state index contributed by atoms with van der Waals surface area (Å²) in [6.45, 7) is 0.809. The van der Waals surface area contributed by atoms with Crippen LogP contribution in [0.2, 0.25) is 0 Å². The number of thiol groups is 1. The second kappa shape index (κ2) is 8.29. The molecule has 1 aromatic rings. The first-order chi connectivity index (χ1) is 8.24. The van der Waals surface area contributed by atoms with Crippen LogP contribution in [0, 0.1) is 0 Å². The van der Waals surface area contributed by atoms with Gasteiger partial charge in [-0.25, -0.2) is 0 Å². The van der Waals surface area contributed by atoms with Crippen LogP contribution in [0.15, 0.2) is 24.3 Å². The Morgan fingerprint density at radius 1 is 1.12 bits per heavy atom. The lowest BCUT2D eigenvalue weighted by Crippen LogP contribution is -2.08. The van der Waals surface area contributed by atoms with Gasteiger partial charge in [-0.2, -0.15) is 12.6 Å². The van der Waals surface area contributed by atoms with Crippen molar-refractivity contribution in [1.29, 1.82) is 0 Å². The SMILES string of the molecule is CN(C)c1cccc(OCCCCCCS)c1. The monoisotopic (exact) mass is 253 g/mol. The van der Waals surface area contributed by atoms with E-state index in [1.54, 1.807) is 0 Å². The summed E-state index contributed by atoms with van der Waals surface area (Å²) in [6, 6.07) is 8.21. The number of hydrogen-bond donors (Lipinski definition) is 1. The summed E-state index contributed by atoms with van der Waals surface area (Å²) in [6.07, 6.45) is 4.82. The Bertz CT molecular complexity index is 315. The Morgan fingerprint density at radius 3 is 2.59 bits per heavy atom. The third kappa shape index (κ3) is 5.87. The molecule has 0 radical (unpaired) electrons. The summed E-state index contributed by atoms with van der Waals surface area (Å²) in [5, 5.41) is 0. The van der Waals surface area contributed by atoms with Gasteiger partial charge >= 0.3 is 0 Å². The quantitative estimate of drug-likeness (QED) is 0.561. The zero-order chi connectivity index (χ0) is 12.5. The molecule has 1 aromatic carbocycles. The number of rotatable bonds is 8. The van der Waals surface area contributed by atoms with Gasteiger partial charge in [-0.05, 0) is 30.7 Å². The number of benzene rings is 1. The maximum atomic E-state index is 5.73. The highest BCUT2D eigenvalue weighted by atomic mass is 32.1. The largest absolute Gasteiger partial charge is 0.494 e. The molecule has 0 aromatic heterocycles. The van der Waals surface area contributed by atoms with Crippen molar-refractivity contribution in [3.05, 3.63) is 24.3 Å². The van der Waals surface area contributed by atoms with E-state index in [0.717, 1.165) is 24.5 Å². The van der Waals surface area contributed by atoms with Crippen molar-refractivity contribution in [2.45, 2.75) is 25.7 Å². The van der Waals surface area contributed by atoms with Crippen molar-refractivity contribution < 1.29 is 4.74 Å². The molecule has 96 valence electrons. The van der Waals surface area contributed by atoms with Gasteiger partial charge in [0.2, 0.25) is 0 Å². The highest BCUT2D eigenvalue weighted by molar-refractivity contribution is 7.80. The van der Waals surface area contributed by atoms with Crippen LogP contribution in [0.3, 0.4) is 0 Å². The van der Waals surface area contributed by atoms with Crippen LogP contribution < -0.4 is 9.64 Å². The number of anilines is 1. The summed E-state index contributed by atoms with van der Waals surface area (Å²) in [5.41, 5.74) is 1.18. The molecule has 2 nitrogen and oxygen atoms in total. The van der Waals surface area contributed by atoms with Crippen molar-refractivity contribution in [2.75, 3.05) is 31.4 Å². The second-order valence-electron chi connectivity index (χ2n) is 4.38. The van der Waals surface area contributed by atoms with Gasteiger partial charge in [0.15, 0.2) is 0 Å². The number of hydrogen-bond acceptors (Lipinski definition) is 3. The van der Waals surface area contributed by atoms with E-state index in [-0.39, 0.29) is 0 Å². The average molecular weight is 253 g/mol. The first-order valence-electron chi connectivity index (χ1n) is 6.25. The first-order valence-corrected chi connectivity index (χ1v) is 6.88. The Morgan fingerprint density at radius 2 is 1.88 bits per heavy atom. The summed E-state index contributed by atoms with van der Waals surface area (Å²) in [4.78, 5) is 2.08. The lowest BCUT2D eigenvalue weighted by atomic mass is 10.2. The minimum Gasteiger partial charge on any atom is -0.494 e. The molecular formula is C14H23NOS. The van der Waals surface area contributed by atoms with Crippen LogP contribution in [-0.2, 0) is 0 Å². The lowest BCUT2D eigenvalue weighted by Gasteiger charge is -2.14. The minimum absolute atomic E-state index is 0.809. The molecule has 0 aliphatic carbocycles. The van der Waals surface area contributed by atoms with Gasteiger partial charge in [-0.3, -0.25) is 0 Å². The van der Waals surface area contributed by atoms with Crippen molar-refractivity contribution in [2.24, 2.45) is 0 Å². The maximum absolute atomic E-state index is 5.73. The van der Waals surface area contributed by atoms with Gasteiger partial charge in [0.25, 0.3) is 0 Å². The zero-order valence-electron chi connectivity index (χ0n) is 10.9. The fourth-order valence-corrected chi connectivity index (χ4v) is 1.83. The van der Waals surface area contributed by atoms with E-state index in [1.165, 1.54) is 24.9 Å². The van der Waals surface area contributed by atoms with Crippen LogP contribution in [-0.4, -0.2) is 26.5 Å². The fraction of sp³-hybridized carbons (Fsp3) is 0.571. The zero-order valence-corrected chi connectivity index (χ0v) is 11.7. The van der Waals surface area contributed by atoms with E-state index in [0.29, 0.717) is 0 Å². The molecular weight excluding hydrogens is 230 g/mol. The third-order valence-corrected chi connectivity index (χ3v) is 2.97. The van der Waals surface area contributed by atoms with Gasteiger partial charge in [0.1, 0.15) is 5.75 Å². The predicted octanol–water partition coefficient (Wildman–Crippen LogP) is 3.62. The van der Waals surface area contributed by atoms with E-state index < -0.39 is 0 Å². The molecule has 1 rings (SSSR count). The van der Waals surface area contributed by atoms with Gasteiger partial charge < -0.3 is 9.64 Å². The molecule has 0 fully saturated rings. The van der Waals surface area contributed by atoms with Crippen LogP contribution in [0.5, 0.6) is 5.75 Å². The molecule has 0 amide bonds. The van der Waals surface area contributed by atoms with E-state index in [2.05, 4.69) is 29.7 Å². The Kier molecular flexibility index (Phi) is 6.94. The average Bonchev–Trinajstić information content (AvgIpc) is 2.34. The molecule has 0 heterocycles. The van der Waals surface area contributed by atoms with Gasteiger partial charge in [0, 0.05) is 25.8 Å². The molecule has 0 saturated heterocycles. The van der Waals surface area contributed by atoms with Crippen molar-refractivity contribution >= 4 is 18.3 Å². The van der Waals surface area contributed by atoms with Crippen molar-refractivity contribution in [3.8, 4) is 5.75 Å². The Labute approximate surface area is 110 Å². The summed E-state index contributed by atoms with van der Waals surface area (Å²) < 4.78 is 5.73. The second-order valence-corrected chi connectivity index (χ2v) is 4.83. The molecule has 0 N–H and O–H groups in total. The highest BCUT2D eigenvalue weighted by Gasteiger charge is 1.98. The van der Waals surface area contributed by atoms with Crippen LogP contribution in [0.25, 0.3) is 0 Å². The normalized spacial score (nSPS) is 10.3. The molecule has 0 atom stereocenters. The molecule has 3 heteroatoms. The van der Waals surface area contributed by atoms with Crippen LogP contribution >= 0.6 is 12.6 Å². The fourth-order valence-electron chi connectivity index (χ4n) is 1.61. The first kappa shape index (κ1) is 14.2. The minimum atomic E-state index is 0.809. The molecule has 17 heavy (non-hydrogen) atoms. The predicted molar refractivity (Wildman–Crippen MR) is 78.6 cm³/mol. The third-order valence-electron chi connectivity index (χ3n) is 2.66. The molecule has 0 saturated carbocycles. The van der Waals surface area contributed by atoms with E-state index in [4.69, 9.17) is 4.74 Å². The molecule has 0 aliphatic rings. The van der Waals surface area contributed by atoms with Crippen molar-refractivity contribution in [3.63, 3.8) is 0 Å². The number of nitrogens with zero attached hydrogens (tertiary/aromatic N) is 1. The van der Waals surface area contributed by atoms with Crippen LogP contribution in [0.1, 0.15) is 25.7 Å². The summed E-state index contributed by atoms with van der Waals surface area (Å²) >= 11 is 4.20.